The third-order valence-electron chi connectivity index (χ3n) is 6.21. The van der Waals surface area contributed by atoms with Crippen LogP contribution in [0.4, 0.5) is 0 Å². The van der Waals surface area contributed by atoms with Gasteiger partial charge in [-0.2, -0.15) is 0 Å². The van der Waals surface area contributed by atoms with Gasteiger partial charge in [-0.15, -0.1) is 0 Å². The molecule has 0 aromatic heterocycles. The zero-order chi connectivity index (χ0) is 18.9. The second kappa shape index (κ2) is 7.50. The summed E-state index contributed by atoms with van der Waals surface area (Å²) in [5, 5.41) is 0. The summed E-state index contributed by atoms with van der Waals surface area (Å²) in [5.41, 5.74) is 0.830. The van der Waals surface area contributed by atoms with Gasteiger partial charge in [-0.25, -0.2) is 4.79 Å². The molecule has 0 atom stereocenters. The lowest BCUT2D eigenvalue weighted by atomic mass is 9.84. The Bertz CT molecular complexity index is 713. The number of rotatable bonds is 5. The molecule has 0 bridgehead atoms. The molecule has 27 heavy (non-hydrogen) atoms. The number of carbonyl (C=O) groups is 2. The summed E-state index contributed by atoms with van der Waals surface area (Å²) < 4.78 is 16.5. The van der Waals surface area contributed by atoms with E-state index in [9.17, 15) is 9.59 Å². The van der Waals surface area contributed by atoms with Crippen LogP contribution in [0.5, 0.6) is 5.75 Å². The van der Waals surface area contributed by atoms with Crippen LogP contribution in [0, 0.1) is 5.92 Å². The van der Waals surface area contributed by atoms with Gasteiger partial charge in [0.25, 0.3) is 5.91 Å². The van der Waals surface area contributed by atoms with Crippen LogP contribution in [0.2, 0.25) is 0 Å². The summed E-state index contributed by atoms with van der Waals surface area (Å²) in [7, 11) is 1.34. The van der Waals surface area contributed by atoms with E-state index in [0.29, 0.717) is 42.5 Å². The monoisotopic (exact) mass is 373 g/mol. The maximum absolute atomic E-state index is 13.0. The van der Waals surface area contributed by atoms with Gasteiger partial charge in [-0.1, -0.05) is 6.42 Å². The molecule has 1 amide bonds. The Labute approximate surface area is 159 Å². The molecule has 0 radical (unpaired) electrons. The molecule has 3 fully saturated rings. The fourth-order valence-electron chi connectivity index (χ4n) is 4.00. The summed E-state index contributed by atoms with van der Waals surface area (Å²) in [6.45, 7) is 2.82. The molecule has 2 heterocycles. The Hall–Kier alpha value is -2.08. The topological polar surface area (TPSA) is 65.1 Å². The van der Waals surface area contributed by atoms with Gasteiger partial charge in [-0.05, 0) is 56.2 Å². The lowest BCUT2D eigenvalue weighted by Gasteiger charge is -2.47. The van der Waals surface area contributed by atoms with E-state index in [-0.39, 0.29) is 11.5 Å². The minimum Gasteiger partial charge on any atom is -0.493 e. The number of benzene rings is 1. The second-order valence-corrected chi connectivity index (χ2v) is 7.92. The molecule has 2 aliphatic heterocycles. The molecule has 1 aromatic carbocycles. The number of carbonyl (C=O) groups excluding carboxylic acids is 2. The van der Waals surface area contributed by atoms with Crippen LogP contribution in [-0.4, -0.2) is 55.8 Å². The van der Waals surface area contributed by atoms with Crippen LogP contribution in [0.15, 0.2) is 18.2 Å². The zero-order valence-electron chi connectivity index (χ0n) is 15.9. The number of methoxy groups -OCH3 is 1. The zero-order valence-corrected chi connectivity index (χ0v) is 15.9. The van der Waals surface area contributed by atoms with Crippen LogP contribution in [0.3, 0.4) is 0 Å². The van der Waals surface area contributed by atoms with E-state index in [0.717, 1.165) is 25.9 Å². The molecule has 3 aliphatic rings. The number of hydrogen-bond acceptors (Lipinski definition) is 5. The molecule has 6 nitrogen and oxygen atoms in total. The molecule has 1 spiro atoms. The van der Waals surface area contributed by atoms with Crippen molar-refractivity contribution in [1.82, 2.24) is 4.90 Å². The van der Waals surface area contributed by atoms with Crippen LogP contribution in [0.25, 0.3) is 0 Å². The summed E-state index contributed by atoms with van der Waals surface area (Å²) in [4.78, 5) is 26.9. The minimum absolute atomic E-state index is 0.00168. The highest BCUT2D eigenvalue weighted by molar-refractivity contribution is 5.98. The Morgan fingerprint density at radius 3 is 2.41 bits per heavy atom. The highest BCUT2D eigenvalue weighted by atomic mass is 16.5. The van der Waals surface area contributed by atoms with E-state index in [1.165, 1.54) is 26.4 Å². The van der Waals surface area contributed by atoms with Crippen molar-refractivity contribution in [1.29, 1.82) is 0 Å². The van der Waals surface area contributed by atoms with Crippen molar-refractivity contribution in [3.05, 3.63) is 29.3 Å². The Morgan fingerprint density at radius 2 is 1.85 bits per heavy atom. The van der Waals surface area contributed by atoms with Gasteiger partial charge < -0.3 is 19.1 Å². The number of esters is 1. The summed E-state index contributed by atoms with van der Waals surface area (Å²) in [6.07, 6.45) is 6.45. The summed E-state index contributed by atoms with van der Waals surface area (Å²) >= 11 is 0. The fraction of sp³-hybridized carbons (Fsp3) is 0.619. The van der Waals surface area contributed by atoms with Gasteiger partial charge in [0.05, 0.1) is 31.5 Å². The lowest BCUT2D eigenvalue weighted by molar-refractivity contribution is -0.169. The first-order valence-corrected chi connectivity index (χ1v) is 9.88. The molecule has 4 rings (SSSR count). The Kier molecular flexibility index (Phi) is 5.08. The molecular weight excluding hydrogens is 346 g/mol. The number of piperidine rings is 1. The van der Waals surface area contributed by atoms with Crippen molar-refractivity contribution >= 4 is 11.9 Å². The SMILES string of the molecule is COC(=O)c1cc(OCC2CCC2)cc(C(=O)N2CCC3(CCO3)CC2)c1. The maximum Gasteiger partial charge on any atom is 0.338 e. The lowest BCUT2D eigenvalue weighted by Crippen LogP contribution is -2.53. The van der Waals surface area contributed by atoms with Gasteiger partial charge in [0.2, 0.25) is 0 Å². The van der Waals surface area contributed by atoms with Crippen molar-refractivity contribution in [2.24, 2.45) is 5.92 Å². The number of hydrogen-bond donors (Lipinski definition) is 0. The maximum atomic E-state index is 13.0. The van der Waals surface area contributed by atoms with Crippen LogP contribution >= 0.6 is 0 Å². The number of nitrogens with zero attached hydrogens (tertiary/aromatic N) is 1. The summed E-state index contributed by atoms with van der Waals surface area (Å²) in [5.74, 6) is 0.609. The molecule has 146 valence electrons. The van der Waals surface area contributed by atoms with Crippen LogP contribution in [0.1, 0.15) is 59.2 Å². The molecule has 2 saturated heterocycles. The van der Waals surface area contributed by atoms with Crippen molar-refractivity contribution in [2.45, 2.75) is 44.1 Å². The van der Waals surface area contributed by atoms with Crippen molar-refractivity contribution in [3.63, 3.8) is 0 Å². The van der Waals surface area contributed by atoms with Gasteiger partial charge >= 0.3 is 5.97 Å². The van der Waals surface area contributed by atoms with E-state index >= 15 is 0 Å². The average Bonchev–Trinajstić information content (AvgIpc) is 2.64. The molecule has 1 aliphatic carbocycles. The molecule has 1 saturated carbocycles. The third kappa shape index (κ3) is 3.81. The standard InChI is InChI=1S/C21H27NO5/c1-25-20(24)17-11-16(12-18(13-17)26-14-15-3-2-4-15)19(23)22-8-5-21(6-9-22)7-10-27-21/h11-13,15H,2-10,14H2,1H3. The average molecular weight is 373 g/mol. The summed E-state index contributed by atoms with van der Waals surface area (Å²) in [6, 6.07) is 5.01. The first-order chi connectivity index (χ1) is 13.1. The second-order valence-electron chi connectivity index (χ2n) is 7.92. The highest BCUT2D eigenvalue weighted by Crippen LogP contribution is 2.37. The van der Waals surface area contributed by atoms with Gasteiger partial charge in [0.1, 0.15) is 5.75 Å². The van der Waals surface area contributed by atoms with E-state index in [1.807, 2.05) is 4.90 Å². The quantitative estimate of drug-likeness (QED) is 0.742. The number of amides is 1. The van der Waals surface area contributed by atoms with Crippen LogP contribution in [-0.2, 0) is 9.47 Å². The molecule has 0 unspecified atom stereocenters. The van der Waals surface area contributed by atoms with Gasteiger partial charge in [0.15, 0.2) is 0 Å². The first kappa shape index (κ1) is 18.3. The van der Waals surface area contributed by atoms with Gasteiger partial charge in [0, 0.05) is 18.7 Å². The minimum atomic E-state index is -0.460. The molecule has 0 N–H and O–H groups in total. The molecule has 1 aromatic rings. The van der Waals surface area contributed by atoms with Crippen LogP contribution < -0.4 is 4.74 Å². The highest BCUT2D eigenvalue weighted by Gasteiger charge is 2.42. The predicted octanol–water partition coefficient (Wildman–Crippen LogP) is 3.05. The molecule has 6 heteroatoms. The first-order valence-electron chi connectivity index (χ1n) is 9.88. The third-order valence-corrected chi connectivity index (χ3v) is 6.21. The molecular formula is C21H27NO5. The fourth-order valence-corrected chi connectivity index (χ4v) is 4.00. The Morgan fingerprint density at radius 1 is 1.15 bits per heavy atom. The van der Waals surface area contributed by atoms with E-state index < -0.39 is 5.97 Å². The van der Waals surface area contributed by atoms with E-state index in [2.05, 4.69) is 0 Å². The number of likely N-dealkylation sites (tertiary alicyclic amines) is 1. The van der Waals surface area contributed by atoms with Crippen molar-refractivity contribution in [3.8, 4) is 5.75 Å². The largest absolute Gasteiger partial charge is 0.493 e. The van der Waals surface area contributed by atoms with Gasteiger partial charge in [-0.3, -0.25) is 4.79 Å². The van der Waals surface area contributed by atoms with Crippen molar-refractivity contribution < 1.29 is 23.8 Å². The predicted molar refractivity (Wildman–Crippen MR) is 99.1 cm³/mol. The smallest absolute Gasteiger partial charge is 0.338 e. The van der Waals surface area contributed by atoms with E-state index in [1.54, 1.807) is 18.2 Å². The normalized spacial score (nSPS) is 21.3. The van der Waals surface area contributed by atoms with Crippen molar-refractivity contribution in [2.75, 3.05) is 33.4 Å². The Balaban J connectivity index is 1.49. The number of ether oxygens (including phenoxy) is 3. The van der Waals surface area contributed by atoms with E-state index in [4.69, 9.17) is 14.2 Å².